The van der Waals surface area contributed by atoms with E-state index in [1.165, 1.54) is 4.57 Å². The summed E-state index contributed by atoms with van der Waals surface area (Å²) in [4.78, 5) is 21.2. The molecule has 0 atom stereocenters. The predicted octanol–water partition coefficient (Wildman–Crippen LogP) is 5.10. The number of halogens is 2. The molecule has 9 heteroatoms. The average Bonchev–Trinajstić information content (AvgIpc) is 3.30. The number of alkyl halides is 2. The fraction of sp³-hybridized carbons (Fsp3) is 0.190. The van der Waals surface area contributed by atoms with Crippen LogP contribution in [0.25, 0.3) is 22.3 Å². The predicted molar refractivity (Wildman–Crippen MR) is 116 cm³/mol. The molecule has 0 fully saturated rings. The van der Waals surface area contributed by atoms with E-state index >= 15 is 0 Å². The molecule has 0 spiro atoms. The highest BCUT2D eigenvalue weighted by Gasteiger charge is 2.17. The van der Waals surface area contributed by atoms with Crippen LogP contribution in [0.4, 0.5) is 8.78 Å². The van der Waals surface area contributed by atoms with Gasteiger partial charge in [-0.15, -0.1) is 11.3 Å². The topological polar surface area (TPSA) is 59.8 Å². The minimum absolute atomic E-state index is 0.0776. The van der Waals surface area contributed by atoms with Gasteiger partial charge in [0.05, 0.1) is 21.7 Å². The van der Waals surface area contributed by atoms with Gasteiger partial charge in [0.25, 0.3) is 5.76 Å². The molecular weight excluding hydrogens is 426 g/mol. The number of thioether (sulfide) groups is 1. The number of benzene rings is 2. The molecule has 1 amide bonds. The third-order valence-electron chi connectivity index (χ3n) is 4.47. The monoisotopic (exact) mass is 444 g/mol. The van der Waals surface area contributed by atoms with Crippen LogP contribution < -0.4 is 5.32 Å². The largest absolute Gasteiger partial charge is 0.350 e. The van der Waals surface area contributed by atoms with Crippen LogP contribution >= 0.6 is 23.1 Å². The molecule has 154 valence electrons. The van der Waals surface area contributed by atoms with Crippen LogP contribution in [0.5, 0.6) is 0 Å². The summed E-state index contributed by atoms with van der Waals surface area (Å²) in [6, 6.07) is 14.9. The van der Waals surface area contributed by atoms with Gasteiger partial charge in [-0.3, -0.25) is 4.79 Å². The molecule has 0 saturated heterocycles. The van der Waals surface area contributed by atoms with E-state index in [2.05, 4.69) is 15.3 Å². The standard InChI is InChI=1S/C21H18F2N4OS2/c1-13-25-17(12-29-13)15-8-6-14(7-9-15)10-24-19(28)11-27-18-5-3-2-4-16(18)26-21(27)30-20(22)23/h2-9,12,20H,10-11H2,1H3,(H,24,28). The van der Waals surface area contributed by atoms with Crippen LogP contribution in [0.2, 0.25) is 0 Å². The second-order valence-electron chi connectivity index (χ2n) is 6.57. The van der Waals surface area contributed by atoms with Crippen molar-refractivity contribution >= 4 is 40.0 Å². The first-order valence-corrected chi connectivity index (χ1v) is 10.9. The number of aryl methyl sites for hydroxylation is 1. The van der Waals surface area contributed by atoms with Gasteiger partial charge in [0, 0.05) is 17.5 Å². The molecule has 0 bridgehead atoms. The van der Waals surface area contributed by atoms with E-state index in [9.17, 15) is 13.6 Å². The third-order valence-corrected chi connectivity index (χ3v) is 5.95. The molecule has 2 heterocycles. The van der Waals surface area contributed by atoms with Crippen molar-refractivity contribution in [1.29, 1.82) is 0 Å². The molecule has 0 unspecified atom stereocenters. The Balaban J connectivity index is 1.43. The van der Waals surface area contributed by atoms with Crippen molar-refractivity contribution in [3.63, 3.8) is 0 Å². The third kappa shape index (κ3) is 4.68. The molecule has 4 rings (SSSR count). The van der Waals surface area contributed by atoms with E-state index in [1.54, 1.807) is 35.6 Å². The normalized spacial score (nSPS) is 11.3. The number of rotatable bonds is 7. The van der Waals surface area contributed by atoms with Crippen molar-refractivity contribution in [2.75, 3.05) is 0 Å². The Morgan fingerprint density at radius 3 is 2.63 bits per heavy atom. The molecule has 5 nitrogen and oxygen atoms in total. The number of amides is 1. The summed E-state index contributed by atoms with van der Waals surface area (Å²) in [6.07, 6.45) is 0. The van der Waals surface area contributed by atoms with Crippen LogP contribution in [0.1, 0.15) is 10.6 Å². The van der Waals surface area contributed by atoms with E-state index < -0.39 is 5.76 Å². The van der Waals surface area contributed by atoms with Gasteiger partial charge in [-0.05, 0) is 36.4 Å². The summed E-state index contributed by atoms with van der Waals surface area (Å²) in [5.74, 6) is -2.88. The number of carbonyl (C=O) groups excluding carboxylic acids is 1. The first kappa shape index (κ1) is 20.5. The van der Waals surface area contributed by atoms with Crippen molar-refractivity contribution in [2.24, 2.45) is 0 Å². The van der Waals surface area contributed by atoms with Crippen molar-refractivity contribution in [3.05, 3.63) is 64.5 Å². The summed E-state index contributed by atoms with van der Waals surface area (Å²) in [6.45, 7) is 2.23. The van der Waals surface area contributed by atoms with Crippen molar-refractivity contribution < 1.29 is 13.6 Å². The Morgan fingerprint density at radius 1 is 1.17 bits per heavy atom. The number of aromatic nitrogens is 3. The smallest absolute Gasteiger partial charge is 0.291 e. The fourth-order valence-corrected chi connectivity index (χ4v) is 4.29. The van der Waals surface area contributed by atoms with Gasteiger partial charge >= 0.3 is 0 Å². The molecule has 0 radical (unpaired) electrons. The van der Waals surface area contributed by atoms with Gasteiger partial charge in [-0.25, -0.2) is 9.97 Å². The van der Waals surface area contributed by atoms with E-state index in [0.29, 0.717) is 29.3 Å². The van der Waals surface area contributed by atoms with Crippen LogP contribution in [-0.2, 0) is 17.9 Å². The molecule has 30 heavy (non-hydrogen) atoms. The SMILES string of the molecule is Cc1nc(-c2ccc(CNC(=O)Cn3c(SC(F)F)nc4ccccc43)cc2)cs1. The maximum atomic E-state index is 12.9. The summed E-state index contributed by atoms with van der Waals surface area (Å²) in [7, 11) is 0. The molecule has 2 aromatic carbocycles. The number of hydrogen-bond acceptors (Lipinski definition) is 5. The number of imidazole rings is 1. The van der Waals surface area contributed by atoms with E-state index in [0.717, 1.165) is 21.8 Å². The van der Waals surface area contributed by atoms with Gasteiger partial charge in [0.1, 0.15) is 6.54 Å². The van der Waals surface area contributed by atoms with Gasteiger partial charge < -0.3 is 9.88 Å². The lowest BCUT2D eigenvalue weighted by Gasteiger charge is -2.10. The lowest BCUT2D eigenvalue weighted by atomic mass is 10.1. The average molecular weight is 445 g/mol. The number of nitrogens with one attached hydrogen (secondary N) is 1. The summed E-state index contributed by atoms with van der Waals surface area (Å²) < 4.78 is 27.3. The number of hydrogen-bond donors (Lipinski definition) is 1. The second kappa shape index (κ2) is 8.93. The quantitative estimate of drug-likeness (QED) is 0.403. The molecule has 4 aromatic rings. The molecule has 0 aliphatic carbocycles. The highest BCUT2D eigenvalue weighted by molar-refractivity contribution is 7.99. The van der Waals surface area contributed by atoms with Crippen LogP contribution in [0, 0.1) is 6.92 Å². The molecule has 0 saturated carbocycles. The number of para-hydroxylation sites is 2. The Hall–Kier alpha value is -2.78. The highest BCUT2D eigenvalue weighted by Crippen LogP contribution is 2.28. The van der Waals surface area contributed by atoms with Crippen LogP contribution in [0.15, 0.2) is 59.1 Å². The van der Waals surface area contributed by atoms with Gasteiger partial charge in [-0.1, -0.05) is 36.4 Å². The molecule has 0 aliphatic rings. The van der Waals surface area contributed by atoms with Crippen molar-refractivity contribution in [2.45, 2.75) is 30.9 Å². The molecule has 2 aromatic heterocycles. The van der Waals surface area contributed by atoms with Gasteiger partial charge in [-0.2, -0.15) is 8.78 Å². The number of fused-ring (bicyclic) bond motifs is 1. The molecule has 0 aliphatic heterocycles. The van der Waals surface area contributed by atoms with Crippen molar-refractivity contribution in [3.8, 4) is 11.3 Å². The van der Waals surface area contributed by atoms with Crippen LogP contribution in [-0.4, -0.2) is 26.2 Å². The molecule has 1 N–H and O–H groups in total. The zero-order valence-electron chi connectivity index (χ0n) is 16.0. The minimum atomic E-state index is -2.61. The Morgan fingerprint density at radius 2 is 1.93 bits per heavy atom. The maximum Gasteiger partial charge on any atom is 0.291 e. The highest BCUT2D eigenvalue weighted by atomic mass is 32.2. The number of carbonyl (C=O) groups is 1. The lowest BCUT2D eigenvalue weighted by molar-refractivity contribution is -0.121. The number of thiazole rings is 1. The molecular formula is C21H18F2N4OS2. The van der Waals surface area contributed by atoms with Gasteiger partial charge in [0.15, 0.2) is 5.16 Å². The minimum Gasteiger partial charge on any atom is -0.350 e. The van der Waals surface area contributed by atoms with Crippen molar-refractivity contribution in [1.82, 2.24) is 19.9 Å². The van der Waals surface area contributed by atoms with E-state index in [1.807, 2.05) is 36.6 Å². The zero-order chi connectivity index (χ0) is 21.1. The Kier molecular flexibility index (Phi) is 6.10. The number of nitrogens with zero attached hydrogens (tertiary/aromatic N) is 3. The maximum absolute atomic E-state index is 12.9. The second-order valence-corrected chi connectivity index (χ2v) is 8.59. The Bertz CT molecular complexity index is 1170. The van der Waals surface area contributed by atoms with E-state index in [-0.39, 0.29) is 17.6 Å². The summed E-state index contributed by atoms with van der Waals surface area (Å²) in [5.41, 5.74) is 4.13. The Labute approximate surface area is 180 Å². The summed E-state index contributed by atoms with van der Waals surface area (Å²) in [5, 5.41) is 6.00. The first-order chi connectivity index (χ1) is 14.5. The lowest BCUT2D eigenvalue weighted by Crippen LogP contribution is -2.27. The zero-order valence-corrected chi connectivity index (χ0v) is 17.6. The van der Waals surface area contributed by atoms with E-state index in [4.69, 9.17) is 0 Å². The van der Waals surface area contributed by atoms with Gasteiger partial charge in [0.2, 0.25) is 5.91 Å². The first-order valence-electron chi connectivity index (χ1n) is 9.18. The van der Waals surface area contributed by atoms with Crippen LogP contribution in [0.3, 0.4) is 0 Å². The fourth-order valence-electron chi connectivity index (χ4n) is 3.07. The summed E-state index contributed by atoms with van der Waals surface area (Å²) >= 11 is 1.94.